The second kappa shape index (κ2) is 5.20. The van der Waals surface area contributed by atoms with Gasteiger partial charge >= 0.3 is 0 Å². The molecule has 0 aromatic carbocycles. The molecule has 0 aromatic rings. The van der Waals surface area contributed by atoms with Crippen LogP contribution in [-0.4, -0.2) is 13.1 Å². The summed E-state index contributed by atoms with van der Waals surface area (Å²) in [5.74, 6) is 0. The van der Waals surface area contributed by atoms with Gasteiger partial charge < -0.3 is 0 Å². The Morgan fingerprint density at radius 2 is 2.14 bits per heavy atom. The van der Waals surface area contributed by atoms with Crippen LogP contribution in [0.5, 0.6) is 0 Å². The second-order valence-electron chi connectivity index (χ2n) is 1.09. The molecule has 40 valence electrons. The van der Waals surface area contributed by atoms with Gasteiger partial charge in [0.05, 0.1) is 13.1 Å². The van der Waals surface area contributed by atoms with Crippen LogP contribution >= 0.6 is 0 Å². The molecule has 4 heteroatoms. The lowest BCUT2D eigenvalue weighted by Crippen LogP contribution is -1.81. The van der Waals surface area contributed by atoms with Crippen LogP contribution in [0.2, 0.25) is 0 Å². The predicted molar refractivity (Wildman–Crippen MR) is 25.3 cm³/mol. The fourth-order valence-corrected chi connectivity index (χ4v) is 0.214. The number of rotatable bonds is 4. The minimum Gasteiger partial charge on any atom is -0.210 e. The van der Waals surface area contributed by atoms with E-state index in [0.29, 0.717) is 13.0 Å². The molecule has 0 atom stereocenters. The van der Waals surface area contributed by atoms with Gasteiger partial charge in [-0.2, -0.15) is 10.0 Å². The first-order chi connectivity index (χ1) is 3.41. The molecule has 0 fully saturated rings. The molecule has 0 radical (unpaired) electrons. The SMILES string of the molecule is N=NCCCN=O. The molecule has 0 rings (SSSR count). The van der Waals surface area contributed by atoms with Crippen molar-refractivity contribution in [2.45, 2.75) is 6.42 Å². The van der Waals surface area contributed by atoms with Crippen molar-refractivity contribution in [3.05, 3.63) is 4.91 Å². The molecule has 0 spiro atoms. The standard InChI is InChI=1S/C3H7N3O/c4-5-2-1-3-6-7/h4H,1-3H2. The summed E-state index contributed by atoms with van der Waals surface area (Å²) >= 11 is 0. The second-order valence-corrected chi connectivity index (χ2v) is 1.09. The predicted octanol–water partition coefficient (Wildman–Crippen LogP) is 1.17. The molecule has 0 aromatic heterocycles. The summed E-state index contributed by atoms with van der Waals surface area (Å²) in [6, 6.07) is 0. The average Bonchev–Trinajstić information content (AvgIpc) is 1.69. The van der Waals surface area contributed by atoms with E-state index in [2.05, 4.69) is 10.3 Å². The molecule has 0 saturated heterocycles. The topological polar surface area (TPSA) is 65.6 Å². The summed E-state index contributed by atoms with van der Waals surface area (Å²) in [7, 11) is 0. The number of nitrogens with one attached hydrogen (secondary N) is 1. The van der Waals surface area contributed by atoms with Crippen molar-refractivity contribution >= 4 is 0 Å². The van der Waals surface area contributed by atoms with Crippen molar-refractivity contribution in [3.8, 4) is 0 Å². The van der Waals surface area contributed by atoms with E-state index in [-0.39, 0.29) is 6.54 Å². The monoisotopic (exact) mass is 101 g/mol. The minimum atomic E-state index is 0.280. The molecule has 0 aliphatic heterocycles. The van der Waals surface area contributed by atoms with E-state index >= 15 is 0 Å². The number of hydrogen-bond donors (Lipinski definition) is 1. The zero-order valence-electron chi connectivity index (χ0n) is 3.92. The molecule has 0 bridgehead atoms. The van der Waals surface area contributed by atoms with Crippen LogP contribution in [0, 0.1) is 10.4 Å². The van der Waals surface area contributed by atoms with E-state index < -0.39 is 0 Å². The number of nitroso groups, excluding NO2 is 1. The van der Waals surface area contributed by atoms with Gasteiger partial charge in [0.1, 0.15) is 0 Å². The lowest BCUT2D eigenvalue weighted by Gasteiger charge is -1.79. The lowest BCUT2D eigenvalue weighted by atomic mass is 10.4. The van der Waals surface area contributed by atoms with E-state index in [4.69, 9.17) is 5.53 Å². The van der Waals surface area contributed by atoms with E-state index in [1.165, 1.54) is 0 Å². The van der Waals surface area contributed by atoms with Gasteiger partial charge in [-0.05, 0) is 6.42 Å². The summed E-state index contributed by atoms with van der Waals surface area (Å²) in [6.45, 7) is 0.702. The maximum atomic E-state index is 9.33. The van der Waals surface area contributed by atoms with Crippen LogP contribution in [0.1, 0.15) is 6.42 Å². The summed E-state index contributed by atoms with van der Waals surface area (Å²) in [4.78, 5) is 9.33. The quantitative estimate of drug-likeness (QED) is 0.322. The highest BCUT2D eigenvalue weighted by Crippen LogP contribution is 1.79. The van der Waals surface area contributed by atoms with E-state index in [0.717, 1.165) is 0 Å². The zero-order chi connectivity index (χ0) is 5.54. The molecular formula is C3H7N3O. The molecule has 0 amide bonds. The maximum absolute atomic E-state index is 9.33. The van der Waals surface area contributed by atoms with Crippen molar-refractivity contribution in [3.63, 3.8) is 0 Å². The Balaban J connectivity index is 2.68. The van der Waals surface area contributed by atoms with E-state index in [1.54, 1.807) is 0 Å². The first-order valence-electron chi connectivity index (χ1n) is 2.04. The summed E-state index contributed by atoms with van der Waals surface area (Å²) < 4.78 is 0. The minimum absolute atomic E-state index is 0.280. The van der Waals surface area contributed by atoms with E-state index in [1.807, 2.05) is 0 Å². The third kappa shape index (κ3) is 5.20. The van der Waals surface area contributed by atoms with Gasteiger partial charge in [-0.1, -0.05) is 5.18 Å². The van der Waals surface area contributed by atoms with Gasteiger partial charge in [-0.25, -0.2) is 5.53 Å². The Bertz CT molecular complexity index is 55.2. The Morgan fingerprint density at radius 1 is 1.43 bits per heavy atom. The summed E-state index contributed by atoms with van der Waals surface area (Å²) in [5.41, 5.74) is 6.26. The van der Waals surface area contributed by atoms with Gasteiger partial charge in [0.15, 0.2) is 0 Å². The highest BCUT2D eigenvalue weighted by atomic mass is 16.3. The number of hydrogen-bond acceptors (Lipinski definition) is 4. The molecule has 0 unspecified atom stereocenters. The molecule has 0 heterocycles. The van der Waals surface area contributed by atoms with Gasteiger partial charge in [-0.3, -0.25) is 0 Å². The Kier molecular flexibility index (Phi) is 4.61. The smallest absolute Gasteiger partial charge is 0.0829 e. The highest BCUT2D eigenvalue weighted by molar-refractivity contribution is 4.42. The van der Waals surface area contributed by atoms with Crippen LogP contribution in [0.4, 0.5) is 0 Å². The Hall–Kier alpha value is -0.800. The van der Waals surface area contributed by atoms with Crippen LogP contribution in [0.15, 0.2) is 10.3 Å². The van der Waals surface area contributed by atoms with Gasteiger partial charge in [0.2, 0.25) is 0 Å². The molecule has 1 N–H and O–H groups in total. The van der Waals surface area contributed by atoms with Gasteiger partial charge in [0, 0.05) is 0 Å². The maximum Gasteiger partial charge on any atom is 0.0829 e. The molecule has 0 aliphatic carbocycles. The van der Waals surface area contributed by atoms with Crippen LogP contribution in [0.25, 0.3) is 0 Å². The van der Waals surface area contributed by atoms with Gasteiger partial charge in [0.25, 0.3) is 0 Å². The highest BCUT2D eigenvalue weighted by Gasteiger charge is 1.79. The molecule has 0 saturated carbocycles. The molecular weight excluding hydrogens is 94.1 g/mol. The van der Waals surface area contributed by atoms with Crippen molar-refractivity contribution < 1.29 is 0 Å². The largest absolute Gasteiger partial charge is 0.210 e. The van der Waals surface area contributed by atoms with Crippen molar-refractivity contribution in [2.24, 2.45) is 10.3 Å². The first kappa shape index (κ1) is 6.20. The normalized spacial score (nSPS) is 8.00. The van der Waals surface area contributed by atoms with Crippen molar-refractivity contribution in [2.75, 3.05) is 13.1 Å². The van der Waals surface area contributed by atoms with E-state index in [9.17, 15) is 4.91 Å². The summed E-state index contributed by atoms with van der Waals surface area (Å²) in [5, 5.41) is 5.60. The summed E-state index contributed by atoms with van der Waals surface area (Å²) in [6.07, 6.45) is 0.604. The van der Waals surface area contributed by atoms with Crippen LogP contribution < -0.4 is 0 Å². The lowest BCUT2D eigenvalue weighted by molar-refractivity contribution is 0.789. The number of nitrogens with zero attached hydrogens (tertiary/aromatic N) is 2. The molecule has 4 nitrogen and oxygen atoms in total. The van der Waals surface area contributed by atoms with Crippen LogP contribution in [0.3, 0.4) is 0 Å². The fourth-order valence-electron chi connectivity index (χ4n) is 0.214. The van der Waals surface area contributed by atoms with Crippen molar-refractivity contribution in [1.82, 2.24) is 0 Å². The Labute approximate surface area is 41.4 Å². The Morgan fingerprint density at radius 3 is 2.57 bits per heavy atom. The third-order valence-electron chi connectivity index (χ3n) is 0.519. The van der Waals surface area contributed by atoms with Gasteiger partial charge in [-0.15, -0.1) is 0 Å². The first-order valence-corrected chi connectivity index (χ1v) is 2.04. The molecule has 0 aliphatic rings. The third-order valence-corrected chi connectivity index (χ3v) is 0.519. The zero-order valence-corrected chi connectivity index (χ0v) is 3.92. The molecule has 7 heavy (non-hydrogen) atoms. The van der Waals surface area contributed by atoms with Crippen molar-refractivity contribution in [1.29, 1.82) is 5.53 Å². The van der Waals surface area contributed by atoms with Crippen LogP contribution in [-0.2, 0) is 0 Å². The fraction of sp³-hybridized carbons (Fsp3) is 1.00. The average molecular weight is 101 g/mol.